The van der Waals surface area contributed by atoms with E-state index >= 15 is 0 Å². The van der Waals surface area contributed by atoms with Crippen molar-refractivity contribution in [2.45, 2.75) is 45.2 Å². The quantitative estimate of drug-likeness (QED) is 0.148. The number of nitrogens with one attached hydrogen (secondary N) is 1. The normalized spacial score (nSPS) is 12.4. The van der Waals surface area contributed by atoms with Gasteiger partial charge >= 0.3 is 0 Å². The first-order valence-corrected chi connectivity index (χ1v) is 14.6. The van der Waals surface area contributed by atoms with Gasteiger partial charge in [0.2, 0.25) is 23.4 Å². The lowest BCUT2D eigenvalue weighted by Crippen LogP contribution is -2.49. The Morgan fingerprint density at radius 1 is 0.978 bits per heavy atom. The molecule has 0 aliphatic carbocycles. The van der Waals surface area contributed by atoms with Crippen LogP contribution >= 0.6 is 11.6 Å². The lowest BCUT2D eigenvalue weighted by atomic mass is 10.0. The van der Waals surface area contributed by atoms with Gasteiger partial charge in [0, 0.05) is 35.4 Å². The number of benzene rings is 3. The number of fused-ring (bicyclic) bond motifs is 1. The van der Waals surface area contributed by atoms with Crippen LogP contribution in [-0.2, 0) is 14.4 Å². The number of nitrogens with zero attached hydrogens (tertiary/aromatic N) is 2. The topological polar surface area (TPSA) is 97.7 Å². The standard InChI is InChI=1S/C33H30ClF4N3O5/c1-4-5-26(41-13-12-19-7-6-18(2)14-22(19)33(41)45)32(44)39-25(16-28(43)40(3)21-10-8-20(34)9-11-21)27(42)17-46-31-29(37)23(35)15-24(36)30(31)38/h6-15,25-26H,4-5,16-17H2,1-3H3,(H,39,44)/t25?,26-/m0/s1. The summed E-state index contributed by atoms with van der Waals surface area (Å²) >= 11 is 5.93. The van der Waals surface area contributed by atoms with Crippen molar-refractivity contribution in [2.75, 3.05) is 18.6 Å². The summed E-state index contributed by atoms with van der Waals surface area (Å²) in [6, 6.07) is 10.4. The van der Waals surface area contributed by atoms with E-state index < -0.39 is 77.3 Å². The molecule has 3 aromatic carbocycles. The summed E-state index contributed by atoms with van der Waals surface area (Å²) in [6.07, 6.45) is 1.46. The fraction of sp³-hybridized carbons (Fsp3) is 0.273. The number of ether oxygens (including phenoxy) is 1. The summed E-state index contributed by atoms with van der Waals surface area (Å²) in [5.41, 5.74) is 0.793. The number of amides is 2. The molecule has 0 saturated carbocycles. The Balaban J connectivity index is 1.64. The number of rotatable bonds is 12. The lowest BCUT2D eigenvalue weighted by molar-refractivity contribution is -0.132. The van der Waals surface area contributed by atoms with Crippen LogP contribution in [0.15, 0.2) is 65.6 Å². The summed E-state index contributed by atoms with van der Waals surface area (Å²) in [6.45, 7) is 2.45. The number of hydrogen-bond donors (Lipinski definition) is 1. The van der Waals surface area contributed by atoms with E-state index in [1.165, 1.54) is 34.8 Å². The number of carbonyl (C=O) groups excluding carboxylic acids is 3. The van der Waals surface area contributed by atoms with E-state index in [1.54, 1.807) is 37.3 Å². The number of anilines is 1. The molecule has 0 bridgehead atoms. The van der Waals surface area contributed by atoms with E-state index in [4.69, 9.17) is 16.3 Å². The average Bonchev–Trinajstić information content (AvgIpc) is 3.03. The third-order valence-corrected chi connectivity index (χ3v) is 7.64. The van der Waals surface area contributed by atoms with Crippen LogP contribution in [0.4, 0.5) is 23.2 Å². The number of pyridine rings is 1. The SMILES string of the molecule is CCC[C@@H](C(=O)NC(CC(=O)N(C)c1ccc(Cl)cc1)C(=O)COc1c(F)c(F)cc(F)c1F)n1ccc2ccc(C)cc2c1=O. The van der Waals surface area contributed by atoms with Crippen LogP contribution in [0, 0.1) is 30.2 Å². The van der Waals surface area contributed by atoms with E-state index in [0.29, 0.717) is 27.9 Å². The molecule has 46 heavy (non-hydrogen) atoms. The van der Waals surface area contributed by atoms with Crippen molar-refractivity contribution < 1.29 is 36.7 Å². The highest BCUT2D eigenvalue weighted by atomic mass is 35.5. The van der Waals surface area contributed by atoms with Gasteiger partial charge in [-0.15, -0.1) is 0 Å². The maximum absolute atomic E-state index is 14.2. The van der Waals surface area contributed by atoms with Gasteiger partial charge in [0.15, 0.2) is 23.2 Å². The van der Waals surface area contributed by atoms with Gasteiger partial charge in [-0.1, -0.05) is 42.6 Å². The van der Waals surface area contributed by atoms with Gasteiger partial charge in [0.25, 0.3) is 5.56 Å². The lowest BCUT2D eigenvalue weighted by Gasteiger charge is -2.25. The van der Waals surface area contributed by atoms with Crippen LogP contribution in [0.1, 0.15) is 37.8 Å². The Morgan fingerprint density at radius 3 is 2.26 bits per heavy atom. The summed E-state index contributed by atoms with van der Waals surface area (Å²) < 4.78 is 61.9. The predicted octanol–water partition coefficient (Wildman–Crippen LogP) is 6.05. The van der Waals surface area contributed by atoms with Crippen molar-refractivity contribution in [1.29, 1.82) is 0 Å². The van der Waals surface area contributed by atoms with E-state index in [0.717, 1.165) is 5.56 Å². The van der Waals surface area contributed by atoms with E-state index in [-0.39, 0.29) is 12.5 Å². The van der Waals surface area contributed by atoms with Crippen molar-refractivity contribution in [3.8, 4) is 5.75 Å². The zero-order chi connectivity index (χ0) is 33.7. The number of aryl methyl sites for hydroxylation is 1. The summed E-state index contributed by atoms with van der Waals surface area (Å²) in [5.74, 6) is -11.2. The van der Waals surface area contributed by atoms with Crippen LogP contribution < -0.4 is 20.5 Å². The summed E-state index contributed by atoms with van der Waals surface area (Å²) in [5, 5.41) is 3.94. The Morgan fingerprint density at radius 2 is 1.63 bits per heavy atom. The molecule has 0 radical (unpaired) electrons. The molecule has 242 valence electrons. The highest BCUT2D eigenvalue weighted by Crippen LogP contribution is 2.27. The zero-order valence-electron chi connectivity index (χ0n) is 25.1. The fourth-order valence-electron chi connectivity index (χ4n) is 4.84. The van der Waals surface area contributed by atoms with E-state index in [9.17, 15) is 36.7 Å². The Kier molecular flexibility index (Phi) is 10.8. The first-order chi connectivity index (χ1) is 21.8. The first kappa shape index (κ1) is 34.2. The fourth-order valence-corrected chi connectivity index (χ4v) is 4.96. The van der Waals surface area contributed by atoms with Gasteiger partial charge in [-0.3, -0.25) is 19.2 Å². The second kappa shape index (κ2) is 14.6. The minimum Gasteiger partial charge on any atom is -0.479 e. The van der Waals surface area contributed by atoms with Gasteiger partial charge in [-0.2, -0.15) is 8.78 Å². The molecule has 0 spiro atoms. The minimum absolute atomic E-state index is 0.0163. The van der Waals surface area contributed by atoms with Gasteiger partial charge in [-0.25, -0.2) is 8.78 Å². The van der Waals surface area contributed by atoms with Crippen molar-refractivity contribution >= 4 is 45.7 Å². The number of aromatic nitrogens is 1. The summed E-state index contributed by atoms with van der Waals surface area (Å²) in [7, 11) is 1.42. The van der Waals surface area contributed by atoms with Gasteiger partial charge in [0.05, 0.1) is 12.5 Å². The molecular weight excluding hydrogens is 630 g/mol. The molecule has 8 nitrogen and oxygen atoms in total. The second-order valence-corrected chi connectivity index (χ2v) is 11.1. The van der Waals surface area contributed by atoms with E-state index in [2.05, 4.69) is 5.32 Å². The van der Waals surface area contributed by atoms with Crippen molar-refractivity contribution in [1.82, 2.24) is 9.88 Å². The van der Waals surface area contributed by atoms with Crippen molar-refractivity contribution in [3.63, 3.8) is 0 Å². The monoisotopic (exact) mass is 659 g/mol. The Hall–Kier alpha value is -4.71. The van der Waals surface area contributed by atoms with Gasteiger partial charge in [0.1, 0.15) is 12.6 Å². The Bertz CT molecular complexity index is 1820. The largest absolute Gasteiger partial charge is 0.479 e. The number of Topliss-reactive ketones (excluding diaryl/α,β-unsaturated/α-hetero) is 1. The molecular formula is C33H30ClF4N3O5. The molecule has 4 aromatic rings. The zero-order valence-corrected chi connectivity index (χ0v) is 25.8. The van der Waals surface area contributed by atoms with Gasteiger partial charge in [-0.05, 0) is 55.1 Å². The molecule has 2 atom stereocenters. The number of ketones is 1. The molecule has 0 fully saturated rings. The van der Waals surface area contributed by atoms with Gasteiger partial charge < -0.3 is 19.5 Å². The molecule has 1 unspecified atom stereocenters. The van der Waals surface area contributed by atoms with Crippen LogP contribution in [0.5, 0.6) is 5.75 Å². The molecule has 13 heteroatoms. The second-order valence-electron chi connectivity index (χ2n) is 10.7. The highest BCUT2D eigenvalue weighted by Gasteiger charge is 2.31. The smallest absolute Gasteiger partial charge is 0.259 e. The maximum atomic E-state index is 14.2. The van der Waals surface area contributed by atoms with Crippen LogP contribution in [0.25, 0.3) is 10.8 Å². The number of halogens is 5. The Labute approximate surface area is 266 Å². The molecule has 1 N–H and O–H groups in total. The predicted molar refractivity (Wildman–Crippen MR) is 165 cm³/mol. The maximum Gasteiger partial charge on any atom is 0.259 e. The average molecular weight is 660 g/mol. The van der Waals surface area contributed by atoms with Crippen LogP contribution in [0.2, 0.25) is 5.02 Å². The molecule has 2 amide bonds. The molecule has 4 rings (SSSR count). The van der Waals surface area contributed by atoms with Crippen molar-refractivity contribution in [2.24, 2.45) is 0 Å². The first-order valence-electron chi connectivity index (χ1n) is 14.2. The van der Waals surface area contributed by atoms with Crippen molar-refractivity contribution in [3.05, 3.63) is 105 Å². The summed E-state index contributed by atoms with van der Waals surface area (Å²) in [4.78, 5) is 55.0. The molecule has 0 aliphatic rings. The number of carbonyl (C=O) groups is 3. The molecule has 0 aliphatic heterocycles. The molecule has 0 saturated heterocycles. The number of hydrogen-bond acceptors (Lipinski definition) is 5. The van der Waals surface area contributed by atoms with E-state index in [1.807, 2.05) is 13.0 Å². The molecule has 1 heterocycles. The minimum atomic E-state index is -1.86. The third-order valence-electron chi connectivity index (χ3n) is 7.39. The molecule has 1 aromatic heterocycles. The highest BCUT2D eigenvalue weighted by molar-refractivity contribution is 6.30. The van der Waals surface area contributed by atoms with Crippen LogP contribution in [-0.4, -0.2) is 41.9 Å². The van der Waals surface area contributed by atoms with Crippen LogP contribution in [0.3, 0.4) is 0 Å². The third kappa shape index (κ3) is 7.56.